The highest BCUT2D eigenvalue weighted by molar-refractivity contribution is 9.10. The first-order valence-electron chi connectivity index (χ1n) is 5.41. The van der Waals surface area contributed by atoms with Crippen LogP contribution in [0.25, 0.3) is 0 Å². The van der Waals surface area contributed by atoms with Gasteiger partial charge in [-0.25, -0.2) is 0 Å². The lowest BCUT2D eigenvalue weighted by atomic mass is 9.92. The summed E-state index contributed by atoms with van der Waals surface area (Å²) in [5, 5.41) is 4.38. The van der Waals surface area contributed by atoms with Gasteiger partial charge in [-0.2, -0.15) is 5.10 Å². The third-order valence-electron chi connectivity index (χ3n) is 3.30. The standard InChI is InChI=1S/C11H15BrN2O/c12-10-8-13-14(9-10)11(6-3-7-15)4-1-2-5-11/h7-9H,1-6H2. The number of hydrogen-bond acceptors (Lipinski definition) is 2. The fraction of sp³-hybridized carbons (Fsp3) is 0.636. The normalized spacial score (nSPS) is 19.3. The van der Waals surface area contributed by atoms with Crippen LogP contribution in [0.5, 0.6) is 0 Å². The first-order valence-corrected chi connectivity index (χ1v) is 6.20. The second kappa shape index (κ2) is 4.47. The molecular weight excluding hydrogens is 256 g/mol. The summed E-state index contributed by atoms with van der Waals surface area (Å²) in [4.78, 5) is 10.5. The topological polar surface area (TPSA) is 34.9 Å². The highest BCUT2D eigenvalue weighted by Gasteiger charge is 2.35. The molecule has 3 nitrogen and oxygen atoms in total. The Morgan fingerprint density at radius 3 is 2.80 bits per heavy atom. The minimum atomic E-state index is 0.104. The van der Waals surface area contributed by atoms with Crippen molar-refractivity contribution in [3.05, 3.63) is 16.9 Å². The zero-order valence-electron chi connectivity index (χ0n) is 8.66. The van der Waals surface area contributed by atoms with Crippen molar-refractivity contribution in [3.63, 3.8) is 0 Å². The van der Waals surface area contributed by atoms with Crippen LogP contribution in [0.15, 0.2) is 16.9 Å². The Balaban J connectivity index is 2.21. The zero-order valence-corrected chi connectivity index (χ0v) is 10.2. The molecule has 0 radical (unpaired) electrons. The Kier molecular flexibility index (Phi) is 3.24. The van der Waals surface area contributed by atoms with Gasteiger partial charge in [-0.3, -0.25) is 4.68 Å². The average molecular weight is 271 g/mol. The summed E-state index contributed by atoms with van der Waals surface area (Å²) in [6, 6.07) is 0. The number of halogens is 1. The molecule has 0 amide bonds. The van der Waals surface area contributed by atoms with Crippen molar-refractivity contribution in [2.75, 3.05) is 0 Å². The van der Waals surface area contributed by atoms with Crippen LogP contribution in [-0.2, 0) is 10.3 Å². The van der Waals surface area contributed by atoms with Gasteiger partial charge in [-0.1, -0.05) is 12.8 Å². The molecule has 0 aromatic carbocycles. The van der Waals surface area contributed by atoms with Gasteiger partial charge in [0, 0.05) is 12.6 Å². The minimum Gasteiger partial charge on any atom is -0.303 e. The van der Waals surface area contributed by atoms with Gasteiger partial charge in [0.2, 0.25) is 0 Å². The van der Waals surface area contributed by atoms with E-state index in [0.717, 1.165) is 30.0 Å². The summed E-state index contributed by atoms with van der Waals surface area (Å²) in [5.74, 6) is 0. The lowest BCUT2D eigenvalue weighted by Crippen LogP contribution is -2.30. The summed E-state index contributed by atoms with van der Waals surface area (Å²) in [5.41, 5.74) is 0.104. The van der Waals surface area contributed by atoms with Crippen molar-refractivity contribution in [2.24, 2.45) is 0 Å². The molecule has 0 saturated heterocycles. The highest BCUT2D eigenvalue weighted by Crippen LogP contribution is 2.40. The number of carbonyl (C=O) groups excluding carboxylic acids is 1. The van der Waals surface area contributed by atoms with Crippen LogP contribution >= 0.6 is 15.9 Å². The SMILES string of the molecule is O=CCCC1(n2cc(Br)cn2)CCCC1. The second-order valence-electron chi connectivity index (χ2n) is 4.24. The van der Waals surface area contributed by atoms with Gasteiger partial charge in [0.15, 0.2) is 0 Å². The number of aromatic nitrogens is 2. The molecule has 0 N–H and O–H groups in total. The maximum Gasteiger partial charge on any atom is 0.120 e. The van der Waals surface area contributed by atoms with Gasteiger partial charge < -0.3 is 4.79 Å². The van der Waals surface area contributed by atoms with Crippen molar-refractivity contribution >= 4 is 22.2 Å². The third kappa shape index (κ3) is 2.14. The van der Waals surface area contributed by atoms with Crippen LogP contribution in [0.4, 0.5) is 0 Å². The smallest absolute Gasteiger partial charge is 0.120 e. The van der Waals surface area contributed by atoms with Crippen molar-refractivity contribution in [1.29, 1.82) is 0 Å². The zero-order chi connectivity index (χ0) is 10.7. The number of nitrogens with zero attached hydrogens (tertiary/aromatic N) is 2. The average Bonchev–Trinajstić information content (AvgIpc) is 2.84. The van der Waals surface area contributed by atoms with Gasteiger partial charge in [-0.15, -0.1) is 0 Å². The third-order valence-corrected chi connectivity index (χ3v) is 3.71. The fourth-order valence-corrected chi connectivity index (χ4v) is 2.80. The van der Waals surface area contributed by atoms with Crippen LogP contribution in [0.3, 0.4) is 0 Å². The molecule has 1 aromatic heterocycles. The van der Waals surface area contributed by atoms with E-state index < -0.39 is 0 Å². The predicted molar refractivity (Wildman–Crippen MR) is 61.7 cm³/mol. The molecule has 0 bridgehead atoms. The second-order valence-corrected chi connectivity index (χ2v) is 5.16. The molecule has 82 valence electrons. The lowest BCUT2D eigenvalue weighted by Gasteiger charge is -2.28. The monoisotopic (exact) mass is 270 g/mol. The summed E-state index contributed by atoms with van der Waals surface area (Å²) in [6.07, 6.45) is 11.2. The van der Waals surface area contributed by atoms with E-state index in [1.165, 1.54) is 12.8 Å². The quantitative estimate of drug-likeness (QED) is 0.789. The van der Waals surface area contributed by atoms with Crippen LogP contribution in [0.1, 0.15) is 38.5 Å². The Morgan fingerprint density at radius 2 is 2.27 bits per heavy atom. The first-order chi connectivity index (χ1) is 7.27. The number of rotatable bonds is 4. The summed E-state index contributed by atoms with van der Waals surface area (Å²) in [6.45, 7) is 0. The van der Waals surface area contributed by atoms with Crippen molar-refractivity contribution in [1.82, 2.24) is 9.78 Å². The van der Waals surface area contributed by atoms with Crippen molar-refractivity contribution in [2.45, 2.75) is 44.1 Å². The molecule has 1 aliphatic rings. The predicted octanol–water partition coefficient (Wildman–Crippen LogP) is 2.89. The molecule has 0 spiro atoms. The Labute approximate surface area is 98.0 Å². The molecule has 0 atom stereocenters. The Hall–Kier alpha value is -0.640. The van der Waals surface area contributed by atoms with E-state index in [9.17, 15) is 4.79 Å². The lowest BCUT2D eigenvalue weighted by molar-refractivity contribution is -0.108. The van der Waals surface area contributed by atoms with E-state index in [0.29, 0.717) is 6.42 Å². The molecular formula is C11H15BrN2O. The molecule has 2 rings (SSSR count). The first kappa shape index (κ1) is 10.9. The van der Waals surface area contributed by atoms with E-state index in [2.05, 4.69) is 21.0 Å². The van der Waals surface area contributed by atoms with Gasteiger partial charge in [-0.05, 0) is 35.2 Å². The van der Waals surface area contributed by atoms with Gasteiger partial charge in [0.1, 0.15) is 6.29 Å². The van der Waals surface area contributed by atoms with E-state index in [4.69, 9.17) is 0 Å². The van der Waals surface area contributed by atoms with Crippen molar-refractivity contribution < 1.29 is 4.79 Å². The van der Waals surface area contributed by atoms with Crippen LogP contribution in [0.2, 0.25) is 0 Å². The van der Waals surface area contributed by atoms with E-state index in [-0.39, 0.29) is 5.54 Å². The Bertz CT molecular complexity index is 342. The molecule has 1 aliphatic carbocycles. The number of aldehydes is 1. The van der Waals surface area contributed by atoms with E-state index in [1.54, 1.807) is 0 Å². The highest BCUT2D eigenvalue weighted by atomic mass is 79.9. The largest absolute Gasteiger partial charge is 0.303 e. The van der Waals surface area contributed by atoms with Gasteiger partial charge >= 0.3 is 0 Å². The molecule has 4 heteroatoms. The number of carbonyl (C=O) groups is 1. The molecule has 1 saturated carbocycles. The molecule has 1 fully saturated rings. The molecule has 1 aromatic rings. The summed E-state index contributed by atoms with van der Waals surface area (Å²) in [7, 11) is 0. The maximum atomic E-state index is 10.5. The summed E-state index contributed by atoms with van der Waals surface area (Å²) < 4.78 is 3.06. The fourth-order valence-electron chi connectivity index (χ4n) is 2.51. The maximum absolute atomic E-state index is 10.5. The van der Waals surface area contributed by atoms with Crippen molar-refractivity contribution in [3.8, 4) is 0 Å². The van der Waals surface area contributed by atoms with Crippen LogP contribution < -0.4 is 0 Å². The molecule has 0 unspecified atom stereocenters. The van der Waals surface area contributed by atoms with Gasteiger partial charge in [0.05, 0.1) is 16.2 Å². The van der Waals surface area contributed by atoms with Crippen LogP contribution in [-0.4, -0.2) is 16.1 Å². The minimum absolute atomic E-state index is 0.104. The van der Waals surface area contributed by atoms with Crippen LogP contribution in [0, 0.1) is 0 Å². The molecule has 0 aliphatic heterocycles. The number of hydrogen-bond donors (Lipinski definition) is 0. The Morgan fingerprint density at radius 1 is 1.53 bits per heavy atom. The molecule has 1 heterocycles. The van der Waals surface area contributed by atoms with Gasteiger partial charge in [0.25, 0.3) is 0 Å². The van der Waals surface area contributed by atoms with E-state index in [1.807, 2.05) is 17.1 Å². The molecule has 15 heavy (non-hydrogen) atoms. The van der Waals surface area contributed by atoms with E-state index >= 15 is 0 Å². The summed E-state index contributed by atoms with van der Waals surface area (Å²) >= 11 is 3.42.